The lowest BCUT2D eigenvalue weighted by atomic mass is 10.2. The molecule has 0 atom stereocenters. The number of hydrogen-bond donors (Lipinski definition) is 2. The van der Waals surface area contributed by atoms with Crippen molar-refractivity contribution in [1.29, 1.82) is 0 Å². The average Bonchev–Trinajstić information content (AvgIpc) is 2.94. The number of nitrogens with zero attached hydrogens (tertiary/aromatic N) is 2. The van der Waals surface area contributed by atoms with Gasteiger partial charge >= 0.3 is 0 Å². The molecule has 0 amide bonds. The fourth-order valence-corrected chi connectivity index (χ4v) is 2.62. The zero-order chi connectivity index (χ0) is 13.9. The zero-order valence-electron chi connectivity index (χ0n) is 11.2. The van der Waals surface area contributed by atoms with Crippen LogP contribution in [0.15, 0.2) is 41.1 Å². The molecule has 0 saturated carbocycles. The monoisotopic (exact) mass is 330 g/mol. The van der Waals surface area contributed by atoms with Gasteiger partial charge in [-0.1, -0.05) is 19.1 Å². The van der Waals surface area contributed by atoms with Crippen LogP contribution in [0.3, 0.4) is 0 Å². The van der Waals surface area contributed by atoms with Crippen molar-refractivity contribution in [2.24, 2.45) is 0 Å². The minimum absolute atomic E-state index is 0.672. The van der Waals surface area contributed by atoms with E-state index >= 15 is 0 Å². The number of anilines is 1. The van der Waals surface area contributed by atoms with Crippen LogP contribution in [0, 0.1) is 0 Å². The normalized spacial score (nSPS) is 10.9. The molecule has 0 saturated heterocycles. The molecule has 20 heavy (non-hydrogen) atoms. The summed E-state index contributed by atoms with van der Waals surface area (Å²) in [4.78, 5) is 12.1. The maximum Gasteiger partial charge on any atom is 0.125 e. The molecule has 0 aliphatic rings. The topological polar surface area (TPSA) is 53.6 Å². The van der Waals surface area contributed by atoms with E-state index in [4.69, 9.17) is 0 Å². The second-order valence-corrected chi connectivity index (χ2v) is 5.41. The Morgan fingerprint density at radius 1 is 1.25 bits per heavy atom. The molecular weight excluding hydrogens is 316 g/mol. The van der Waals surface area contributed by atoms with Crippen LogP contribution in [0.4, 0.5) is 5.69 Å². The first-order valence-corrected chi connectivity index (χ1v) is 7.37. The molecular formula is C15H15BrN4. The van der Waals surface area contributed by atoms with E-state index in [1.807, 2.05) is 30.6 Å². The van der Waals surface area contributed by atoms with Crippen molar-refractivity contribution in [1.82, 2.24) is 15.0 Å². The van der Waals surface area contributed by atoms with Crippen LogP contribution in [-0.4, -0.2) is 15.0 Å². The highest BCUT2D eigenvalue weighted by molar-refractivity contribution is 9.10. The van der Waals surface area contributed by atoms with Crippen molar-refractivity contribution >= 4 is 32.5 Å². The predicted octanol–water partition coefficient (Wildman–Crippen LogP) is 3.89. The summed E-state index contributed by atoms with van der Waals surface area (Å²) in [6, 6.07) is 8.06. The molecule has 0 fully saturated rings. The number of pyridine rings is 1. The lowest BCUT2D eigenvalue weighted by Gasteiger charge is -2.08. The number of hydrogen-bond acceptors (Lipinski definition) is 3. The lowest BCUT2D eigenvalue weighted by molar-refractivity contribution is 0.972. The summed E-state index contributed by atoms with van der Waals surface area (Å²) < 4.78 is 1.00. The van der Waals surface area contributed by atoms with Gasteiger partial charge in [0.2, 0.25) is 0 Å². The highest BCUT2D eigenvalue weighted by atomic mass is 79.9. The summed E-state index contributed by atoms with van der Waals surface area (Å²) in [5.41, 5.74) is 3.18. The SMILES string of the molecule is CCc1cnc(CNc2ccnc3c(Br)cccc23)[nH]1. The first kappa shape index (κ1) is 13.1. The van der Waals surface area contributed by atoms with Crippen LogP contribution in [0.5, 0.6) is 0 Å². The number of benzene rings is 1. The number of aromatic nitrogens is 3. The third-order valence-electron chi connectivity index (χ3n) is 3.23. The van der Waals surface area contributed by atoms with E-state index in [0.717, 1.165) is 39.0 Å². The molecule has 0 radical (unpaired) electrons. The van der Waals surface area contributed by atoms with Gasteiger partial charge in [-0.2, -0.15) is 0 Å². The molecule has 0 aliphatic carbocycles. The molecule has 2 heterocycles. The quantitative estimate of drug-likeness (QED) is 0.762. The Kier molecular flexibility index (Phi) is 3.69. The Hall–Kier alpha value is -1.88. The highest BCUT2D eigenvalue weighted by Gasteiger charge is 2.05. The Balaban J connectivity index is 1.85. The van der Waals surface area contributed by atoms with Gasteiger partial charge in [0.1, 0.15) is 5.82 Å². The molecule has 4 nitrogen and oxygen atoms in total. The molecule has 2 N–H and O–H groups in total. The van der Waals surface area contributed by atoms with Gasteiger partial charge in [-0.05, 0) is 34.5 Å². The minimum atomic E-state index is 0.672. The Morgan fingerprint density at radius 3 is 2.95 bits per heavy atom. The number of fused-ring (bicyclic) bond motifs is 1. The van der Waals surface area contributed by atoms with Gasteiger partial charge < -0.3 is 10.3 Å². The molecule has 3 aromatic rings. The van der Waals surface area contributed by atoms with Crippen molar-refractivity contribution in [2.45, 2.75) is 19.9 Å². The summed E-state index contributed by atoms with van der Waals surface area (Å²) in [5.74, 6) is 0.946. The molecule has 3 rings (SSSR count). The summed E-state index contributed by atoms with van der Waals surface area (Å²) in [5, 5.41) is 4.52. The maximum atomic E-state index is 4.40. The Labute approximate surface area is 125 Å². The molecule has 102 valence electrons. The standard InChI is InChI=1S/C15H15BrN4/c1-2-10-8-19-14(20-10)9-18-13-6-7-17-15-11(13)4-3-5-12(15)16/h3-8H,2,9H2,1H3,(H,17,18)(H,19,20). The van der Waals surface area contributed by atoms with Crippen molar-refractivity contribution in [2.75, 3.05) is 5.32 Å². The Bertz CT molecular complexity index is 736. The second-order valence-electron chi connectivity index (χ2n) is 4.56. The molecule has 0 unspecified atom stereocenters. The van der Waals surface area contributed by atoms with Crippen LogP contribution < -0.4 is 5.32 Å². The van der Waals surface area contributed by atoms with E-state index in [9.17, 15) is 0 Å². The van der Waals surface area contributed by atoms with Crippen LogP contribution in [0.1, 0.15) is 18.4 Å². The summed E-state index contributed by atoms with van der Waals surface area (Å²) in [7, 11) is 0. The first-order chi connectivity index (χ1) is 9.78. The molecule has 0 aliphatic heterocycles. The van der Waals surface area contributed by atoms with Gasteiger partial charge in [0.25, 0.3) is 0 Å². The van der Waals surface area contributed by atoms with Crippen LogP contribution in [0.2, 0.25) is 0 Å². The summed E-state index contributed by atoms with van der Waals surface area (Å²) >= 11 is 3.53. The van der Waals surface area contributed by atoms with E-state index in [1.165, 1.54) is 0 Å². The first-order valence-electron chi connectivity index (χ1n) is 6.58. The predicted molar refractivity (Wildman–Crippen MR) is 84.7 cm³/mol. The number of nitrogens with one attached hydrogen (secondary N) is 2. The molecule has 5 heteroatoms. The molecule has 0 bridgehead atoms. The third-order valence-corrected chi connectivity index (χ3v) is 3.87. The lowest BCUT2D eigenvalue weighted by Crippen LogP contribution is -2.02. The highest BCUT2D eigenvalue weighted by Crippen LogP contribution is 2.27. The van der Waals surface area contributed by atoms with E-state index in [2.05, 4.69) is 49.2 Å². The van der Waals surface area contributed by atoms with Crippen molar-refractivity contribution < 1.29 is 0 Å². The average molecular weight is 331 g/mol. The van der Waals surface area contributed by atoms with Gasteiger partial charge in [0.15, 0.2) is 0 Å². The molecule has 1 aromatic carbocycles. The summed E-state index contributed by atoms with van der Waals surface area (Å²) in [6.45, 7) is 2.78. The fraction of sp³-hybridized carbons (Fsp3) is 0.200. The van der Waals surface area contributed by atoms with Gasteiger partial charge in [0.05, 0.1) is 12.1 Å². The van der Waals surface area contributed by atoms with Crippen molar-refractivity contribution in [3.8, 4) is 0 Å². The number of aryl methyl sites for hydroxylation is 1. The smallest absolute Gasteiger partial charge is 0.125 e. The number of rotatable bonds is 4. The van der Waals surface area contributed by atoms with E-state index in [0.29, 0.717) is 6.54 Å². The largest absolute Gasteiger partial charge is 0.377 e. The number of para-hydroxylation sites is 1. The van der Waals surface area contributed by atoms with Crippen LogP contribution in [0.25, 0.3) is 10.9 Å². The molecule has 0 spiro atoms. The number of H-pyrrole nitrogens is 1. The van der Waals surface area contributed by atoms with Gasteiger partial charge in [-0.3, -0.25) is 4.98 Å². The number of aromatic amines is 1. The van der Waals surface area contributed by atoms with Gasteiger partial charge in [-0.25, -0.2) is 4.98 Å². The second kappa shape index (κ2) is 5.63. The minimum Gasteiger partial charge on any atom is -0.377 e. The fourth-order valence-electron chi connectivity index (χ4n) is 2.15. The van der Waals surface area contributed by atoms with Crippen LogP contribution >= 0.6 is 15.9 Å². The maximum absolute atomic E-state index is 4.40. The van der Waals surface area contributed by atoms with Gasteiger partial charge in [-0.15, -0.1) is 0 Å². The van der Waals surface area contributed by atoms with Gasteiger partial charge in [0, 0.05) is 33.6 Å². The third kappa shape index (κ3) is 2.54. The Morgan fingerprint density at radius 2 is 2.15 bits per heavy atom. The van der Waals surface area contributed by atoms with Crippen LogP contribution in [-0.2, 0) is 13.0 Å². The summed E-state index contributed by atoms with van der Waals surface area (Å²) in [6.07, 6.45) is 4.67. The van der Waals surface area contributed by atoms with E-state index in [1.54, 1.807) is 0 Å². The number of imidazole rings is 1. The zero-order valence-corrected chi connectivity index (χ0v) is 12.7. The van der Waals surface area contributed by atoms with Crippen molar-refractivity contribution in [3.05, 3.63) is 52.7 Å². The van der Waals surface area contributed by atoms with Crippen molar-refractivity contribution in [3.63, 3.8) is 0 Å². The molecule has 2 aromatic heterocycles. The number of halogens is 1. The van der Waals surface area contributed by atoms with E-state index < -0.39 is 0 Å². The van der Waals surface area contributed by atoms with E-state index in [-0.39, 0.29) is 0 Å².